The predicted molar refractivity (Wildman–Crippen MR) is 129 cm³/mol. The molecule has 0 aromatic heterocycles. The van der Waals surface area contributed by atoms with Crippen molar-refractivity contribution in [2.75, 3.05) is 17.7 Å². The Morgan fingerprint density at radius 1 is 0.941 bits per heavy atom. The predicted octanol–water partition coefficient (Wildman–Crippen LogP) is 2.75. The monoisotopic (exact) mass is 504 g/mol. The minimum atomic E-state index is -4.74. The van der Waals surface area contributed by atoms with Crippen LogP contribution in [0.5, 0.6) is 0 Å². The number of anilines is 1. The zero-order valence-electron chi connectivity index (χ0n) is 18.1. The minimum Gasteiger partial charge on any atom is -0.325 e. The van der Waals surface area contributed by atoms with Gasteiger partial charge in [-0.25, -0.2) is 13.0 Å². The number of carbonyl (C=O) groups excluding carboxylic acids is 1. The smallest absolute Gasteiger partial charge is 0.325 e. The number of carbonyl (C=O) groups is 1. The largest absolute Gasteiger partial charge is 0.469 e. The highest BCUT2D eigenvalue weighted by molar-refractivity contribution is 7.91. The van der Waals surface area contributed by atoms with Gasteiger partial charge in [0, 0.05) is 5.69 Å². The van der Waals surface area contributed by atoms with Gasteiger partial charge in [-0.15, -0.1) is 0 Å². The van der Waals surface area contributed by atoms with E-state index < -0.39 is 36.2 Å². The van der Waals surface area contributed by atoms with Crippen molar-refractivity contribution in [1.29, 1.82) is 0 Å². The lowest BCUT2D eigenvalue weighted by Crippen LogP contribution is -2.39. The lowest BCUT2D eigenvalue weighted by Gasteiger charge is -2.13. The second-order valence-corrected chi connectivity index (χ2v) is 10.9. The molecule has 0 heterocycles. The van der Waals surface area contributed by atoms with Crippen molar-refractivity contribution in [3.05, 3.63) is 84.4 Å². The molecular weight excluding hydrogens is 479 g/mol. The zero-order chi connectivity index (χ0) is 24.8. The average Bonchev–Trinajstić information content (AvgIpc) is 2.82. The highest BCUT2D eigenvalue weighted by atomic mass is 32.2. The van der Waals surface area contributed by atoms with Crippen LogP contribution in [0.4, 0.5) is 5.69 Å². The summed E-state index contributed by atoms with van der Waals surface area (Å²) in [6.07, 6.45) is 0.352. The zero-order valence-corrected chi connectivity index (χ0v) is 19.8. The van der Waals surface area contributed by atoms with Gasteiger partial charge >= 0.3 is 7.82 Å². The van der Waals surface area contributed by atoms with Gasteiger partial charge in [0.05, 0.1) is 17.3 Å². The van der Waals surface area contributed by atoms with Crippen molar-refractivity contribution in [2.45, 2.75) is 17.4 Å². The van der Waals surface area contributed by atoms with Crippen LogP contribution in [0.15, 0.2) is 83.8 Å². The van der Waals surface area contributed by atoms with Crippen LogP contribution in [0.2, 0.25) is 0 Å². The number of hydrogen-bond acceptors (Lipinski definition) is 6. The normalized spacial score (nSPS) is 12.8. The maximum Gasteiger partial charge on any atom is 0.469 e. The van der Waals surface area contributed by atoms with E-state index in [0.717, 1.165) is 16.7 Å². The third-order valence-corrected chi connectivity index (χ3v) is 7.18. The topological polar surface area (TPSA) is 156 Å². The molecule has 1 amide bonds. The van der Waals surface area contributed by atoms with Crippen LogP contribution >= 0.6 is 7.82 Å². The summed E-state index contributed by atoms with van der Waals surface area (Å²) in [6, 6.07) is 21.9. The first kappa shape index (κ1) is 25.8. The van der Waals surface area contributed by atoms with Crippen molar-refractivity contribution in [3.63, 3.8) is 0 Å². The summed E-state index contributed by atoms with van der Waals surface area (Å²) >= 11 is 0. The number of benzene rings is 3. The highest BCUT2D eigenvalue weighted by Crippen LogP contribution is 2.35. The Balaban J connectivity index is 1.56. The molecule has 0 saturated carbocycles. The molecule has 0 fully saturated rings. The van der Waals surface area contributed by atoms with Crippen LogP contribution in [-0.2, 0) is 30.1 Å². The van der Waals surface area contributed by atoms with Gasteiger partial charge in [-0.1, -0.05) is 54.6 Å². The summed E-state index contributed by atoms with van der Waals surface area (Å²) in [7, 11) is -8.29. The number of hydrogen-bond donors (Lipinski definition) is 4. The molecule has 0 bridgehead atoms. The number of nitrogens with one attached hydrogen (secondary N) is 1. The Kier molecular flexibility index (Phi) is 8.37. The SMILES string of the molecule is NC(COP(=O)(O)O)C(=O)Nc1ccc(S(=O)(=O)CCc2ccc(-c3ccccc3)cc2)cc1. The van der Waals surface area contributed by atoms with E-state index in [9.17, 15) is 17.8 Å². The van der Waals surface area contributed by atoms with E-state index in [1.165, 1.54) is 24.3 Å². The Hall–Kier alpha value is -2.85. The molecule has 3 aromatic carbocycles. The Bertz CT molecular complexity index is 1260. The second kappa shape index (κ2) is 11.1. The van der Waals surface area contributed by atoms with Crippen molar-refractivity contribution in [1.82, 2.24) is 0 Å². The fourth-order valence-corrected chi connectivity index (χ4v) is 4.74. The molecule has 0 spiro atoms. The molecule has 0 aliphatic rings. The van der Waals surface area contributed by atoms with Crippen LogP contribution in [0.25, 0.3) is 11.1 Å². The van der Waals surface area contributed by atoms with Gasteiger partial charge in [-0.2, -0.15) is 0 Å². The van der Waals surface area contributed by atoms with Crippen LogP contribution in [0.1, 0.15) is 5.56 Å². The molecule has 0 aliphatic heterocycles. The third kappa shape index (κ3) is 7.59. The summed E-state index contributed by atoms with van der Waals surface area (Å²) in [5.41, 5.74) is 8.86. The van der Waals surface area contributed by atoms with Crippen molar-refractivity contribution in [2.24, 2.45) is 5.73 Å². The van der Waals surface area contributed by atoms with Crippen molar-refractivity contribution < 1.29 is 32.1 Å². The molecule has 3 rings (SSSR count). The number of aryl methyl sites for hydroxylation is 1. The maximum absolute atomic E-state index is 12.7. The first-order valence-corrected chi connectivity index (χ1v) is 13.5. The molecule has 0 saturated heterocycles. The third-order valence-electron chi connectivity index (χ3n) is 4.96. The summed E-state index contributed by atoms with van der Waals surface area (Å²) in [6.45, 7) is -0.672. The highest BCUT2D eigenvalue weighted by Gasteiger charge is 2.21. The molecule has 34 heavy (non-hydrogen) atoms. The van der Waals surface area contributed by atoms with Gasteiger partial charge in [-0.05, 0) is 47.4 Å². The second-order valence-electron chi connectivity index (χ2n) is 7.54. The van der Waals surface area contributed by atoms with Crippen LogP contribution < -0.4 is 11.1 Å². The van der Waals surface area contributed by atoms with E-state index in [0.29, 0.717) is 6.42 Å². The fraction of sp³-hybridized carbons (Fsp3) is 0.174. The first-order valence-electron chi connectivity index (χ1n) is 10.3. The standard InChI is InChI=1S/C23H25N2O7PS/c24-22(16-32-33(27,28)29)23(26)25-20-10-12-21(13-11-20)34(30,31)15-14-17-6-8-19(9-7-17)18-4-2-1-3-5-18/h1-13,22H,14-16,24H2,(H,25,26)(H2,27,28,29). The molecule has 1 atom stereocenters. The van der Waals surface area contributed by atoms with Gasteiger partial charge in [0.15, 0.2) is 9.84 Å². The van der Waals surface area contributed by atoms with Crippen LogP contribution in [-0.4, -0.2) is 42.5 Å². The Morgan fingerprint density at radius 2 is 1.53 bits per heavy atom. The maximum atomic E-state index is 12.7. The number of rotatable bonds is 10. The number of amides is 1. The molecular formula is C23H25N2O7PS. The van der Waals surface area contributed by atoms with E-state index in [1.807, 2.05) is 54.6 Å². The van der Waals surface area contributed by atoms with Crippen LogP contribution in [0.3, 0.4) is 0 Å². The summed E-state index contributed by atoms with van der Waals surface area (Å²) < 4.78 is 40.3. The molecule has 0 radical (unpaired) electrons. The quantitative estimate of drug-likeness (QED) is 0.307. The summed E-state index contributed by atoms with van der Waals surface area (Å²) in [5.74, 6) is -0.809. The van der Waals surface area contributed by atoms with E-state index in [1.54, 1.807) is 0 Å². The molecule has 180 valence electrons. The first-order chi connectivity index (χ1) is 16.0. The molecule has 0 aliphatic carbocycles. The lowest BCUT2D eigenvalue weighted by atomic mass is 10.0. The molecule has 1 unspecified atom stereocenters. The van der Waals surface area contributed by atoms with Crippen molar-refractivity contribution in [3.8, 4) is 11.1 Å². The molecule has 11 heteroatoms. The van der Waals surface area contributed by atoms with Crippen LogP contribution in [0, 0.1) is 0 Å². The number of nitrogens with two attached hydrogens (primary N) is 1. The fourth-order valence-electron chi connectivity index (χ4n) is 3.10. The Labute approximate surface area is 197 Å². The lowest BCUT2D eigenvalue weighted by molar-refractivity contribution is -0.118. The summed E-state index contributed by atoms with van der Waals surface area (Å²) in [5, 5.41) is 2.44. The van der Waals surface area contributed by atoms with Gasteiger partial charge in [0.25, 0.3) is 0 Å². The molecule has 9 nitrogen and oxygen atoms in total. The van der Waals surface area contributed by atoms with E-state index in [-0.39, 0.29) is 16.3 Å². The summed E-state index contributed by atoms with van der Waals surface area (Å²) in [4.78, 5) is 29.4. The number of sulfone groups is 1. The van der Waals surface area contributed by atoms with Gasteiger partial charge < -0.3 is 20.8 Å². The van der Waals surface area contributed by atoms with Gasteiger partial charge in [0.1, 0.15) is 6.04 Å². The van der Waals surface area contributed by atoms with E-state index in [2.05, 4.69) is 9.84 Å². The Morgan fingerprint density at radius 3 is 2.12 bits per heavy atom. The average molecular weight is 505 g/mol. The number of phosphoric acid groups is 1. The van der Waals surface area contributed by atoms with E-state index >= 15 is 0 Å². The minimum absolute atomic E-state index is 0.0754. The van der Waals surface area contributed by atoms with Gasteiger partial charge in [-0.3, -0.25) is 9.32 Å². The van der Waals surface area contributed by atoms with E-state index in [4.69, 9.17) is 15.5 Å². The number of phosphoric ester groups is 1. The molecule has 3 aromatic rings. The van der Waals surface area contributed by atoms with Gasteiger partial charge in [0.2, 0.25) is 5.91 Å². The molecule has 5 N–H and O–H groups in total. The van der Waals surface area contributed by atoms with Crippen molar-refractivity contribution >= 4 is 29.3 Å².